The minimum absolute atomic E-state index is 0.0737. The number of esters is 1. The molecule has 3 rings (SSSR count). The minimum atomic E-state index is -4.78. The number of ether oxygens (including phenoxy) is 1. The maximum Gasteiger partial charge on any atom is 0.449 e. The lowest BCUT2D eigenvalue weighted by Gasteiger charge is -2.12. The highest BCUT2D eigenvalue weighted by Gasteiger charge is 2.38. The molecule has 0 fully saturated rings. The van der Waals surface area contributed by atoms with Crippen LogP contribution in [0, 0.1) is 0 Å². The molecule has 3 aromatic rings. The number of rotatable bonds is 5. The first kappa shape index (κ1) is 22.2. The van der Waals surface area contributed by atoms with Crippen LogP contribution in [0.5, 0.6) is 0 Å². The number of nitrogens with zero attached hydrogens (tertiary/aromatic N) is 2. The normalized spacial score (nSPS) is 11.5. The molecule has 0 aliphatic rings. The number of benzene rings is 2. The number of aromatic nitrogens is 2. The monoisotopic (exact) mass is 479 g/mol. The highest BCUT2D eigenvalue weighted by Crippen LogP contribution is 2.33. The van der Waals surface area contributed by atoms with Crippen LogP contribution in [-0.2, 0) is 27.0 Å². The summed E-state index contributed by atoms with van der Waals surface area (Å²) in [5, 5.41) is 2.79. The molecule has 1 N–H and O–H groups in total. The van der Waals surface area contributed by atoms with Gasteiger partial charge in [0, 0.05) is 0 Å². The highest BCUT2D eigenvalue weighted by molar-refractivity contribution is 6.44. The average Bonchev–Trinajstić information content (AvgIpc) is 3.03. The fraction of sp³-hybridized carbons (Fsp3) is 0.167. The standard InChI is InChI=1S/C18H11Cl3F3N3O3/c19-9-5-11(21)13(6-10(9)20)25-15(28)8-30-16(29)7-27-14-4-2-1-3-12(14)26-17(27)18(22,23)24/h1-6H,7-8H2,(H,25,28). The van der Waals surface area contributed by atoms with Gasteiger partial charge in [0.1, 0.15) is 6.54 Å². The first-order chi connectivity index (χ1) is 14.1. The molecule has 0 unspecified atom stereocenters. The van der Waals surface area contributed by atoms with Gasteiger partial charge in [0.05, 0.1) is 31.8 Å². The highest BCUT2D eigenvalue weighted by atomic mass is 35.5. The smallest absolute Gasteiger partial charge is 0.449 e. The fourth-order valence-electron chi connectivity index (χ4n) is 2.58. The van der Waals surface area contributed by atoms with Crippen LogP contribution in [0.25, 0.3) is 11.0 Å². The molecule has 0 aliphatic carbocycles. The first-order valence-corrected chi connectivity index (χ1v) is 9.32. The van der Waals surface area contributed by atoms with Gasteiger partial charge in [-0.1, -0.05) is 46.9 Å². The van der Waals surface area contributed by atoms with Crippen LogP contribution in [0.4, 0.5) is 18.9 Å². The van der Waals surface area contributed by atoms with Gasteiger partial charge < -0.3 is 14.6 Å². The molecule has 158 valence electrons. The van der Waals surface area contributed by atoms with Gasteiger partial charge in [-0.15, -0.1) is 0 Å². The second-order valence-corrected chi connectivity index (χ2v) is 7.18. The van der Waals surface area contributed by atoms with Gasteiger partial charge in [0.25, 0.3) is 5.91 Å². The van der Waals surface area contributed by atoms with Crippen LogP contribution in [0.3, 0.4) is 0 Å². The summed E-state index contributed by atoms with van der Waals surface area (Å²) in [5.41, 5.74) is 0.311. The molecule has 30 heavy (non-hydrogen) atoms. The number of fused-ring (bicyclic) bond motifs is 1. The van der Waals surface area contributed by atoms with E-state index in [-0.39, 0.29) is 31.8 Å². The van der Waals surface area contributed by atoms with Crippen molar-refractivity contribution >= 4 is 63.4 Å². The molecular weight excluding hydrogens is 470 g/mol. The molecule has 0 saturated heterocycles. The van der Waals surface area contributed by atoms with E-state index in [2.05, 4.69) is 10.3 Å². The summed E-state index contributed by atoms with van der Waals surface area (Å²) in [5.74, 6) is -3.07. The van der Waals surface area contributed by atoms with Gasteiger partial charge in [0.15, 0.2) is 6.61 Å². The number of nitrogens with one attached hydrogen (secondary N) is 1. The number of hydrogen-bond acceptors (Lipinski definition) is 4. The maximum absolute atomic E-state index is 13.3. The molecule has 0 aliphatic heterocycles. The number of carbonyl (C=O) groups is 2. The Morgan fingerprint density at radius 2 is 1.73 bits per heavy atom. The predicted molar refractivity (Wildman–Crippen MR) is 106 cm³/mol. The van der Waals surface area contributed by atoms with Gasteiger partial charge in [-0.05, 0) is 24.3 Å². The van der Waals surface area contributed by atoms with Crippen LogP contribution >= 0.6 is 34.8 Å². The van der Waals surface area contributed by atoms with E-state index in [4.69, 9.17) is 39.5 Å². The van der Waals surface area contributed by atoms with Crippen molar-refractivity contribution in [1.29, 1.82) is 0 Å². The summed E-state index contributed by atoms with van der Waals surface area (Å²) in [6.07, 6.45) is -4.78. The summed E-state index contributed by atoms with van der Waals surface area (Å²) in [4.78, 5) is 27.6. The number of hydrogen-bond donors (Lipinski definition) is 1. The molecular formula is C18H11Cl3F3N3O3. The molecule has 12 heteroatoms. The number of amides is 1. The van der Waals surface area contributed by atoms with E-state index in [0.29, 0.717) is 4.57 Å². The van der Waals surface area contributed by atoms with Crippen LogP contribution < -0.4 is 5.32 Å². The van der Waals surface area contributed by atoms with Gasteiger partial charge in [-0.2, -0.15) is 13.2 Å². The minimum Gasteiger partial charge on any atom is -0.454 e. The average molecular weight is 481 g/mol. The van der Waals surface area contributed by atoms with Crippen LogP contribution in [0.1, 0.15) is 5.82 Å². The van der Waals surface area contributed by atoms with Crippen molar-refractivity contribution in [2.45, 2.75) is 12.7 Å². The van der Waals surface area contributed by atoms with Gasteiger partial charge in [-0.25, -0.2) is 4.98 Å². The molecule has 6 nitrogen and oxygen atoms in total. The van der Waals surface area contributed by atoms with E-state index in [0.717, 1.165) is 0 Å². The molecule has 0 spiro atoms. The van der Waals surface area contributed by atoms with E-state index in [9.17, 15) is 22.8 Å². The molecule has 2 aromatic carbocycles. The van der Waals surface area contributed by atoms with Crippen LogP contribution in [-0.4, -0.2) is 28.0 Å². The van der Waals surface area contributed by atoms with Crippen molar-refractivity contribution in [2.75, 3.05) is 11.9 Å². The van der Waals surface area contributed by atoms with Gasteiger partial charge >= 0.3 is 12.1 Å². The summed E-state index contributed by atoms with van der Waals surface area (Å²) >= 11 is 17.6. The Morgan fingerprint density at radius 1 is 1.07 bits per heavy atom. The molecule has 1 aromatic heterocycles. The summed E-state index contributed by atoms with van der Waals surface area (Å²) in [6, 6.07) is 8.44. The zero-order chi connectivity index (χ0) is 22.1. The molecule has 0 bridgehead atoms. The lowest BCUT2D eigenvalue weighted by Crippen LogP contribution is -2.25. The van der Waals surface area contributed by atoms with E-state index in [1.165, 1.54) is 36.4 Å². The lowest BCUT2D eigenvalue weighted by atomic mass is 10.3. The quantitative estimate of drug-likeness (QED) is 0.403. The zero-order valence-electron chi connectivity index (χ0n) is 14.8. The Labute approximate surface area is 182 Å². The molecule has 1 heterocycles. The van der Waals surface area contributed by atoms with Gasteiger partial charge in [-0.3, -0.25) is 9.59 Å². The fourth-order valence-corrected chi connectivity index (χ4v) is 3.17. The molecule has 0 saturated carbocycles. The van der Waals surface area contributed by atoms with Crippen LogP contribution in [0.15, 0.2) is 36.4 Å². The second kappa shape index (κ2) is 8.71. The van der Waals surface area contributed by atoms with Crippen molar-refractivity contribution in [1.82, 2.24) is 9.55 Å². The third-order valence-electron chi connectivity index (χ3n) is 3.84. The number of imidazole rings is 1. The SMILES string of the molecule is O=C(COC(=O)Cn1c(C(F)(F)F)nc2ccccc21)Nc1cc(Cl)c(Cl)cc1Cl. The zero-order valence-corrected chi connectivity index (χ0v) is 17.0. The van der Waals surface area contributed by atoms with Crippen molar-refractivity contribution < 1.29 is 27.5 Å². The molecule has 1 amide bonds. The van der Waals surface area contributed by atoms with Crippen molar-refractivity contribution in [3.8, 4) is 0 Å². The lowest BCUT2D eigenvalue weighted by molar-refractivity contribution is -0.152. The van der Waals surface area contributed by atoms with E-state index in [1.807, 2.05) is 0 Å². The molecule has 0 atom stereocenters. The summed E-state index contributed by atoms with van der Waals surface area (Å²) < 4.78 is 45.3. The van der Waals surface area contributed by atoms with Gasteiger partial charge in [0.2, 0.25) is 5.82 Å². The van der Waals surface area contributed by atoms with Crippen molar-refractivity contribution in [3.63, 3.8) is 0 Å². The Morgan fingerprint density at radius 3 is 2.43 bits per heavy atom. The second-order valence-electron chi connectivity index (χ2n) is 5.96. The maximum atomic E-state index is 13.3. The first-order valence-electron chi connectivity index (χ1n) is 8.18. The number of alkyl halides is 3. The largest absolute Gasteiger partial charge is 0.454 e. The van der Waals surface area contributed by atoms with Crippen molar-refractivity contribution in [3.05, 3.63) is 57.3 Å². The molecule has 0 radical (unpaired) electrons. The Kier molecular flexibility index (Phi) is 6.44. The number of para-hydroxylation sites is 2. The van der Waals surface area contributed by atoms with Crippen LogP contribution in [0.2, 0.25) is 15.1 Å². The Balaban J connectivity index is 1.68. The Hall–Kier alpha value is -2.49. The number of halogens is 6. The Bertz CT molecular complexity index is 1130. The summed E-state index contributed by atoms with van der Waals surface area (Å²) in [7, 11) is 0. The predicted octanol–water partition coefficient (Wildman–Crippen LogP) is 5.20. The topological polar surface area (TPSA) is 73.2 Å². The third-order valence-corrected chi connectivity index (χ3v) is 4.88. The van der Waals surface area contributed by atoms with E-state index in [1.54, 1.807) is 0 Å². The van der Waals surface area contributed by atoms with E-state index >= 15 is 0 Å². The number of carbonyl (C=O) groups excluding carboxylic acids is 2. The number of anilines is 1. The summed E-state index contributed by atoms with van der Waals surface area (Å²) in [6.45, 7) is -1.53. The van der Waals surface area contributed by atoms with E-state index < -0.39 is 37.0 Å². The third kappa shape index (κ3) is 4.97. The van der Waals surface area contributed by atoms with Crippen molar-refractivity contribution in [2.24, 2.45) is 0 Å².